The predicted octanol–water partition coefficient (Wildman–Crippen LogP) is 2.74. The summed E-state index contributed by atoms with van der Waals surface area (Å²) in [5.74, 6) is -0.916. The number of rotatable bonds is 17. The van der Waals surface area contributed by atoms with Crippen molar-refractivity contribution in [3.05, 3.63) is 22.7 Å². The molecule has 2 fully saturated rings. The van der Waals surface area contributed by atoms with Crippen LogP contribution < -0.4 is 21.2 Å². The number of methoxy groups -OCH3 is 3. The zero-order valence-corrected chi connectivity index (χ0v) is 27.7. The van der Waals surface area contributed by atoms with Crippen LogP contribution in [0, 0.1) is 11.8 Å². The number of esters is 2. The van der Waals surface area contributed by atoms with Gasteiger partial charge in [-0.25, -0.2) is 19.8 Å². The molecule has 5 atom stereocenters. The minimum atomic E-state index is -4.26. The monoisotopic (exact) mass is 659 g/mol. The number of carbonyl (C=O) groups is 3. The lowest BCUT2D eigenvalue weighted by Gasteiger charge is -2.30. The lowest BCUT2D eigenvalue weighted by Crippen LogP contribution is -2.45. The van der Waals surface area contributed by atoms with E-state index < -0.39 is 68.6 Å². The van der Waals surface area contributed by atoms with Crippen molar-refractivity contribution < 1.29 is 47.2 Å². The van der Waals surface area contributed by atoms with E-state index in [1.807, 2.05) is 27.7 Å². The molecule has 1 saturated heterocycles. The molecule has 16 nitrogen and oxygen atoms in total. The summed E-state index contributed by atoms with van der Waals surface area (Å²) < 4.78 is 47.5. The van der Waals surface area contributed by atoms with Crippen LogP contribution >= 0.6 is 7.67 Å². The maximum atomic E-state index is 14.4. The number of nitrogens with zero attached hydrogens (tertiary/aromatic N) is 2. The Balaban J connectivity index is 1.87. The molecule has 17 heteroatoms. The fraction of sp³-hybridized carbons (Fsp3) is 0.750. The van der Waals surface area contributed by atoms with Crippen LogP contribution in [0.15, 0.2) is 17.1 Å². The first-order valence-electron chi connectivity index (χ1n) is 15.0. The second-order valence-corrected chi connectivity index (χ2v) is 13.8. The minimum Gasteiger partial charge on any atom is -0.468 e. The number of aromatic nitrogens is 2. The van der Waals surface area contributed by atoms with Crippen LogP contribution in [0.2, 0.25) is 0 Å². The van der Waals surface area contributed by atoms with E-state index in [1.165, 1.54) is 25.0 Å². The van der Waals surface area contributed by atoms with Crippen molar-refractivity contribution in [2.24, 2.45) is 11.8 Å². The van der Waals surface area contributed by atoms with Crippen molar-refractivity contribution in [2.75, 3.05) is 33.3 Å². The molecule has 3 rings (SSSR count). The number of nitrogens with one attached hydrogen (secondary N) is 3. The Bertz CT molecular complexity index is 1240. The third kappa shape index (κ3) is 11.1. The lowest BCUT2D eigenvalue weighted by atomic mass is 10.1. The largest absolute Gasteiger partial charge is 0.508 e. The second-order valence-electron chi connectivity index (χ2n) is 11.9. The molecule has 0 aromatic carbocycles. The molecule has 254 valence electrons. The average Bonchev–Trinajstić information content (AvgIpc) is 3.71. The lowest BCUT2D eigenvalue weighted by molar-refractivity contribution is -0.143. The fourth-order valence-corrected chi connectivity index (χ4v) is 6.62. The highest BCUT2D eigenvalue weighted by Gasteiger charge is 2.43. The Labute approximate surface area is 262 Å². The minimum absolute atomic E-state index is 0.00309. The van der Waals surface area contributed by atoms with Gasteiger partial charge in [0.15, 0.2) is 0 Å². The van der Waals surface area contributed by atoms with Gasteiger partial charge in [0, 0.05) is 18.7 Å². The highest BCUT2D eigenvalue weighted by Crippen LogP contribution is 2.42. The van der Waals surface area contributed by atoms with Crippen LogP contribution in [0.25, 0.3) is 0 Å². The van der Waals surface area contributed by atoms with Crippen molar-refractivity contribution in [2.45, 2.75) is 96.4 Å². The van der Waals surface area contributed by atoms with E-state index in [2.05, 4.69) is 25.2 Å². The Morgan fingerprint density at radius 1 is 1.00 bits per heavy atom. The highest BCUT2D eigenvalue weighted by atomic mass is 31.2. The van der Waals surface area contributed by atoms with Crippen molar-refractivity contribution in [3.8, 4) is 0 Å². The Morgan fingerprint density at radius 2 is 1.58 bits per heavy atom. The molecule has 0 radical (unpaired) electrons. The maximum absolute atomic E-state index is 14.4. The molecule has 0 amide bonds. The van der Waals surface area contributed by atoms with E-state index in [0.29, 0.717) is 11.9 Å². The van der Waals surface area contributed by atoms with Gasteiger partial charge < -0.3 is 33.5 Å². The number of anilines is 1. The third-order valence-corrected chi connectivity index (χ3v) is 8.94. The summed E-state index contributed by atoms with van der Waals surface area (Å²) in [5.41, 5.74) is -0.581. The summed E-state index contributed by atoms with van der Waals surface area (Å²) in [6, 6.07) is -0.171. The van der Waals surface area contributed by atoms with Gasteiger partial charge in [0.1, 0.15) is 36.3 Å². The summed E-state index contributed by atoms with van der Waals surface area (Å²) in [4.78, 5) is 54.3. The highest BCUT2D eigenvalue weighted by molar-refractivity contribution is 7.54. The standard InChI is InChI=1S/C28H46N5O11P/c1-16(2)12-19(25(34)39-5)31-45(38,32-20(13-17(3)4)26(35)40-6)42-15-22-21(44-28(37)41-7)14-24(43-22)33-11-10-23(30-27(33)36)29-18-8-9-18/h10-11,16-22,24H,8-9,12-15H2,1-7H3,(H,29,30,36)(H2,31,32,38)/t19?,20?,21-,22-,24-,45?/m1/s1. The molecule has 2 unspecified atom stereocenters. The van der Waals surface area contributed by atoms with Crippen LogP contribution in [0.5, 0.6) is 0 Å². The van der Waals surface area contributed by atoms with Crippen LogP contribution in [-0.4, -0.2) is 85.9 Å². The quantitative estimate of drug-likeness (QED) is 0.125. The fourth-order valence-electron chi connectivity index (χ4n) is 4.80. The number of hydrogen-bond donors (Lipinski definition) is 3. The van der Waals surface area contributed by atoms with Gasteiger partial charge in [-0.05, 0) is 43.6 Å². The van der Waals surface area contributed by atoms with Crippen LogP contribution in [0.1, 0.15) is 66.0 Å². The summed E-state index contributed by atoms with van der Waals surface area (Å²) in [6.45, 7) is 7.06. The molecule has 1 aliphatic carbocycles. The van der Waals surface area contributed by atoms with E-state index in [-0.39, 0.29) is 31.1 Å². The zero-order chi connectivity index (χ0) is 33.3. The Kier molecular flexibility index (Phi) is 13.4. The average molecular weight is 660 g/mol. The summed E-state index contributed by atoms with van der Waals surface area (Å²) in [6.07, 6.45) is 0.139. The topological polar surface area (TPSA) is 195 Å². The van der Waals surface area contributed by atoms with Gasteiger partial charge in [0.25, 0.3) is 0 Å². The summed E-state index contributed by atoms with van der Waals surface area (Å²) >= 11 is 0. The molecular formula is C28H46N5O11P. The van der Waals surface area contributed by atoms with E-state index in [4.69, 9.17) is 23.5 Å². The number of carbonyl (C=O) groups excluding carboxylic acids is 3. The van der Waals surface area contributed by atoms with Crippen LogP contribution in [0.3, 0.4) is 0 Å². The molecule has 1 aromatic rings. The molecule has 45 heavy (non-hydrogen) atoms. The third-order valence-electron chi connectivity index (χ3n) is 7.12. The molecule has 0 bridgehead atoms. The van der Waals surface area contributed by atoms with Gasteiger partial charge in [-0.15, -0.1) is 0 Å². The number of hydrogen-bond acceptors (Lipinski definition) is 13. The van der Waals surface area contributed by atoms with Gasteiger partial charge in [-0.2, -0.15) is 4.98 Å². The van der Waals surface area contributed by atoms with Crippen molar-refractivity contribution in [1.82, 2.24) is 19.7 Å². The second kappa shape index (κ2) is 16.5. The van der Waals surface area contributed by atoms with Gasteiger partial charge in [0.05, 0.1) is 27.9 Å². The predicted molar refractivity (Wildman–Crippen MR) is 161 cm³/mol. The molecule has 2 aliphatic rings. The zero-order valence-electron chi connectivity index (χ0n) is 26.8. The molecule has 3 N–H and O–H groups in total. The molecule has 1 aliphatic heterocycles. The Hall–Kier alpha value is -3.04. The summed E-state index contributed by atoms with van der Waals surface area (Å²) in [5, 5.41) is 8.65. The van der Waals surface area contributed by atoms with E-state index in [0.717, 1.165) is 20.0 Å². The van der Waals surface area contributed by atoms with E-state index in [9.17, 15) is 23.7 Å². The molecule has 2 heterocycles. The van der Waals surface area contributed by atoms with Crippen molar-refractivity contribution >= 4 is 31.6 Å². The van der Waals surface area contributed by atoms with Gasteiger partial charge >= 0.3 is 31.5 Å². The first-order valence-corrected chi connectivity index (χ1v) is 16.6. The van der Waals surface area contributed by atoms with Crippen LogP contribution in [0.4, 0.5) is 10.6 Å². The molecule has 1 saturated carbocycles. The smallest absolute Gasteiger partial charge is 0.468 e. The summed E-state index contributed by atoms with van der Waals surface area (Å²) in [7, 11) is -0.696. The van der Waals surface area contributed by atoms with E-state index >= 15 is 0 Å². The van der Waals surface area contributed by atoms with E-state index in [1.54, 1.807) is 6.07 Å². The van der Waals surface area contributed by atoms with Gasteiger partial charge in [0.2, 0.25) is 0 Å². The number of ether oxygens (including phenoxy) is 5. The SMILES string of the molecule is COC(=O)O[C@@H]1C[C@H](n2ccc(NC3CC3)nc2=O)O[C@@H]1COP(=O)(NC(CC(C)C)C(=O)OC)NC(CC(C)C)C(=O)OC. The van der Waals surface area contributed by atoms with Gasteiger partial charge in [-0.1, -0.05) is 27.7 Å². The van der Waals surface area contributed by atoms with Gasteiger partial charge in [-0.3, -0.25) is 18.7 Å². The molecule has 0 spiro atoms. The van der Waals surface area contributed by atoms with Crippen molar-refractivity contribution in [3.63, 3.8) is 0 Å². The first kappa shape index (κ1) is 36.4. The molecular weight excluding hydrogens is 613 g/mol. The normalized spacial score (nSPS) is 22.4. The van der Waals surface area contributed by atoms with Crippen molar-refractivity contribution in [1.29, 1.82) is 0 Å². The van der Waals surface area contributed by atoms with Crippen LogP contribution in [-0.2, 0) is 42.4 Å². The first-order chi connectivity index (χ1) is 21.3. The maximum Gasteiger partial charge on any atom is 0.508 e. The Morgan fingerprint density at radius 3 is 2.04 bits per heavy atom. The molecule has 1 aromatic heterocycles.